The molecule has 1 aromatic heterocycles. The van der Waals surface area contributed by atoms with Crippen LogP contribution in [0.15, 0.2) is 82.8 Å². The molecule has 29 heavy (non-hydrogen) atoms. The van der Waals surface area contributed by atoms with Crippen LogP contribution in [0.25, 0.3) is 0 Å². The SMILES string of the molecule is O=C(Nc1ccc(CCN2CCCC2)cc1)c1ccc(Sc2ccccn2)cc1. The molecule has 0 radical (unpaired) electrons. The van der Waals surface area contributed by atoms with Crippen LogP contribution in [0.1, 0.15) is 28.8 Å². The minimum atomic E-state index is -0.0933. The van der Waals surface area contributed by atoms with Gasteiger partial charge in [0.25, 0.3) is 5.91 Å². The summed E-state index contributed by atoms with van der Waals surface area (Å²) in [6.07, 6.45) is 5.49. The summed E-state index contributed by atoms with van der Waals surface area (Å²) in [4.78, 5) is 20.4. The molecule has 148 valence electrons. The molecule has 1 amide bonds. The number of hydrogen-bond acceptors (Lipinski definition) is 4. The van der Waals surface area contributed by atoms with Crippen LogP contribution in [0, 0.1) is 0 Å². The average molecular weight is 404 g/mol. The summed E-state index contributed by atoms with van der Waals surface area (Å²) in [7, 11) is 0. The van der Waals surface area contributed by atoms with Gasteiger partial charge in [0, 0.05) is 28.9 Å². The Balaban J connectivity index is 1.30. The van der Waals surface area contributed by atoms with Crippen molar-refractivity contribution < 1.29 is 4.79 Å². The maximum absolute atomic E-state index is 12.5. The van der Waals surface area contributed by atoms with E-state index in [0.29, 0.717) is 5.56 Å². The average Bonchev–Trinajstić information content (AvgIpc) is 3.28. The number of carbonyl (C=O) groups excluding carboxylic acids is 1. The summed E-state index contributed by atoms with van der Waals surface area (Å²) in [5.74, 6) is -0.0933. The Morgan fingerprint density at radius 2 is 1.72 bits per heavy atom. The molecule has 3 aromatic rings. The van der Waals surface area contributed by atoms with Gasteiger partial charge in [-0.05, 0) is 86.4 Å². The third-order valence-corrected chi connectivity index (χ3v) is 6.06. The fourth-order valence-electron chi connectivity index (χ4n) is 3.45. The van der Waals surface area contributed by atoms with Gasteiger partial charge in [-0.25, -0.2) is 4.98 Å². The number of amides is 1. The molecule has 1 aliphatic heterocycles. The van der Waals surface area contributed by atoms with Gasteiger partial charge in [0.05, 0.1) is 0 Å². The van der Waals surface area contributed by atoms with Crippen molar-refractivity contribution >= 4 is 23.4 Å². The summed E-state index contributed by atoms with van der Waals surface area (Å²) in [6.45, 7) is 3.58. The first-order valence-electron chi connectivity index (χ1n) is 10.1. The number of anilines is 1. The molecular weight excluding hydrogens is 378 g/mol. The molecule has 0 saturated carbocycles. The van der Waals surface area contributed by atoms with Gasteiger partial charge in [-0.15, -0.1) is 0 Å². The van der Waals surface area contributed by atoms with Gasteiger partial charge in [0.15, 0.2) is 0 Å². The smallest absolute Gasteiger partial charge is 0.255 e. The van der Waals surface area contributed by atoms with E-state index in [2.05, 4.69) is 27.3 Å². The van der Waals surface area contributed by atoms with Gasteiger partial charge in [-0.3, -0.25) is 4.79 Å². The highest BCUT2D eigenvalue weighted by atomic mass is 32.2. The van der Waals surface area contributed by atoms with Crippen molar-refractivity contribution in [2.75, 3.05) is 25.0 Å². The zero-order valence-corrected chi connectivity index (χ0v) is 17.2. The summed E-state index contributed by atoms with van der Waals surface area (Å²) >= 11 is 1.58. The Hall–Kier alpha value is -2.63. The van der Waals surface area contributed by atoms with Gasteiger partial charge < -0.3 is 10.2 Å². The van der Waals surface area contributed by atoms with Crippen molar-refractivity contribution in [1.29, 1.82) is 0 Å². The lowest BCUT2D eigenvalue weighted by molar-refractivity contribution is 0.102. The standard InChI is InChI=1S/C24H25N3OS/c28-24(20-8-12-22(13-9-20)29-23-5-1-2-15-25-23)26-21-10-6-19(7-11-21)14-18-27-16-3-4-17-27/h1-2,5-13,15H,3-4,14,16-18H2,(H,26,28). The molecule has 0 atom stereocenters. The lowest BCUT2D eigenvalue weighted by Crippen LogP contribution is -2.21. The summed E-state index contributed by atoms with van der Waals surface area (Å²) in [6, 6.07) is 21.6. The molecule has 4 rings (SSSR count). The van der Waals surface area contributed by atoms with Crippen LogP contribution < -0.4 is 5.32 Å². The molecule has 4 nitrogen and oxygen atoms in total. The lowest BCUT2D eigenvalue weighted by atomic mass is 10.1. The molecule has 0 spiro atoms. The van der Waals surface area contributed by atoms with E-state index in [-0.39, 0.29) is 5.91 Å². The molecule has 2 heterocycles. The molecule has 1 fully saturated rings. The van der Waals surface area contributed by atoms with E-state index >= 15 is 0 Å². The quantitative estimate of drug-likeness (QED) is 0.594. The number of likely N-dealkylation sites (tertiary alicyclic amines) is 1. The third kappa shape index (κ3) is 5.68. The van der Waals surface area contributed by atoms with E-state index in [1.807, 2.05) is 54.6 Å². The number of nitrogens with zero attached hydrogens (tertiary/aromatic N) is 2. The first kappa shape index (κ1) is 19.7. The lowest BCUT2D eigenvalue weighted by Gasteiger charge is -2.14. The molecule has 0 aliphatic carbocycles. The highest BCUT2D eigenvalue weighted by molar-refractivity contribution is 7.99. The van der Waals surface area contributed by atoms with Crippen molar-refractivity contribution in [2.24, 2.45) is 0 Å². The van der Waals surface area contributed by atoms with Crippen LogP contribution in [0.3, 0.4) is 0 Å². The van der Waals surface area contributed by atoms with E-state index in [1.165, 1.54) is 31.5 Å². The van der Waals surface area contributed by atoms with E-state index in [1.54, 1.807) is 18.0 Å². The molecule has 1 aliphatic rings. The normalized spacial score (nSPS) is 14.1. The van der Waals surface area contributed by atoms with Gasteiger partial charge in [0.2, 0.25) is 0 Å². The minimum Gasteiger partial charge on any atom is -0.322 e. The zero-order chi connectivity index (χ0) is 19.9. The van der Waals surface area contributed by atoms with E-state index in [4.69, 9.17) is 0 Å². The van der Waals surface area contributed by atoms with Crippen molar-refractivity contribution in [3.63, 3.8) is 0 Å². The topological polar surface area (TPSA) is 45.2 Å². The number of carbonyl (C=O) groups is 1. The second-order valence-corrected chi connectivity index (χ2v) is 8.34. The maximum Gasteiger partial charge on any atom is 0.255 e. The Kier molecular flexibility index (Phi) is 6.60. The fraction of sp³-hybridized carbons (Fsp3) is 0.250. The van der Waals surface area contributed by atoms with E-state index in [0.717, 1.165) is 28.6 Å². The van der Waals surface area contributed by atoms with Crippen LogP contribution in [-0.4, -0.2) is 35.4 Å². The van der Waals surface area contributed by atoms with Gasteiger partial charge in [-0.1, -0.05) is 30.0 Å². The predicted octanol–water partition coefficient (Wildman–Crippen LogP) is 5.12. The van der Waals surface area contributed by atoms with Crippen molar-refractivity contribution in [3.8, 4) is 0 Å². The maximum atomic E-state index is 12.5. The first-order valence-corrected chi connectivity index (χ1v) is 10.9. The molecule has 5 heteroatoms. The Morgan fingerprint density at radius 1 is 0.966 bits per heavy atom. The van der Waals surface area contributed by atoms with Gasteiger partial charge in [0.1, 0.15) is 5.03 Å². The van der Waals surface area contributed by atoms with Crippen molar-refractivity contribution in [2.45, 2.75) is 29.2 Å². The van der Waals surface area contributed by atoms with Crippen LogP contribution in [0.4, 0.5) is 5.69 Å². The number of benzene rings is 2. The summed E-state index contributed by atoms with van der Waals surface area (Å²) < 4.78 is 0. The van der Waals surface area contributed by atoms with E-state index < -0.39 is 0 Å². The zero-order valence-electron chi connectivity index (χ0n) is 16.4. The highest BCUT2D eigenvalue weighted by Gasteiger charge is 2.11. The molecule has 0 unspecified atom stereocenters. The monoisotopic (exact) mass is 403 g/mol. The number of aromatic nitrogens is 1. The first-order chi connectivity index (χ1) is 14.3. The molecule has 0 bridgehead atoms. The molecule has 1 saturated heterocycles. The third-order valence-electron chi connectivity index (χ3n) is 5.10. The molecule has 2 aromatic carbocycles. The number of rotatable bonds is 7. The second kappa shape index (κ2) is 9.72. The van der Waals surface area contributed by atoms with Crippen LogP contribution >= 0.6 is 11.8 Å². The van der Waals surface area contributed by atoms with Crippen LogP contribution in [0.5, 0.6) is 0 Å². The highest BCUT2D eigenvalue weighted by Crippen LogP contribution is 2.25. The number of pyridine rings is 1. The number of hydrogen-bond donors (Lipinski definition) is 1. The predicted molar refractivity (Wildman–Crippen MR) is 119 cm³/mol. The molecule has 1 N–H and O–H groups in total. The number of nitrogens with one attached hydrogen (secondary N) is 1. The van der Waals surface area contributed by atoms with Crippen LogP contribution in [0.2, 0.25) is 0 Å². The van der Waals surface area contributed by atoms with Crippen LogP contribution in [-0.2, 0) is 6.42 Å². The van der Waals surface area contributed by atoms with Crippen molar-refractivity contribution in [1.82, 2.24) is 9.88 Å². The minimum absolute atomic E-state index is 0.0933. The Labute approximate surface area is 176 Å². The van der Waals surface area contributed by atoms with Gasteiger partial charge >= 0.3 is 0 Å². The largest absolute Gasteiger partial charge is 0.322 e. The van der Waals surface area contributed by atoms with Gasteiger partial charge in [-0.2, -0.15) is 0 Å². The van der Waals surface area contributed by atoms with E-state index in [9.17, 15) is 4.79 Å². The Bertz CT molecular complexity index is 921. The summed E-state index contributed by atoms with van der Waals surface area (Å²) in [5, 5.41) is 3.92. The fourth-order valence-corrected chi connectivity index (χ4v) is 4.23. The molecular formula is C24H25N3OS. The van der Waals surface area contributed by atoms with Crippen molar-refractivity contribution in [3.05, 3.63) is 84.1 Å². The summed E-state index contributed by atoms with van der Waals surface area (Å²) in [5.41, 5.74) is 2.78. The second-order valence-electron chi connectivity index (χ2n) is 7.24. The Morgan fingerprint density at radius 3 is 2.41 bits per heavy atom.